The number of ether oxygens (including phenoxy) is 1. The molecule has 0 saturated heterocycles. The van der Waals surface area contributed by atoms with Gasteiger partial charge in [-0.2, -0.15) is 5.10 Å². The first-order valence-electron chi connectivity index (χ1n) is 5.96. The molecule has 1 aromatic heterocycles. The number of hydrogen-bond donors (Lipinski definition) is 1. The third-order valence-electron chi connectivity index (χ3n) is 2.75. The molecule has 0 bridgehead atoms. The SMILES string of the molecule is CCOCCCn1nc(C)c(CNC)c1C. The highest BCUT2D eigenvalue weighted by atomic mass is 16.5. The average molecular weight is 225 g/mol. The Labute approximate surface area is 98.0 Å². The second-order valence-electron chi connectivity index (χ2n) is 3.95. The first kappa shape index (κ1) is 13.2. The Balaban J connectivity index is 2.56. The number of aromatic nitrogens is 2. The largest absolute Gasteiger partial charge is 0.382 e. The zero-order valence-electron chi connectivity index (χ0n) is 10.8. The van der Waals surface area contributed by atoms with Crippen molar-refractivity contribution < 1.29 is 4.74 Å². The molecule has 1 heterocycles. The molecule has 1 rings (SSSR count). The smallest absolute Gasteiger partial charge is 0.0641 e. The summed E-state index contributed by atoms with van der Waals surface area (Å²) >= 11 is 0. The van der Waals surface area contributed by atoms with Gasteiger partial charge in [-0.25, -0.2) is 0 Å². The zero-order chi connectivity index (χ0) is 12.0. The lowest BCUT2D eigenvalue weighted by Gasteiger charge is -2.05. The maximum absolute atomic E-state index is 5.33. The summed E-state index contributed by atoms with van der Waals surface area (Å²) in [6.07, 6.45) is 1.02. The van der Waals surface area contributed by atoms with E-state index in [1.165, 1.54) is 11.3 Å². The molecular formula is C12H23N3O. The molecule has 92 valence electrons. The summed E-state index contributed by atoms with van der Waals surface area (Å²) in [5, 5.41) is 7.72. The maximum Gasteiger partial charge on any atom is 0.0641 e. The van der Waals surface area contributed by atoms with Crippen LogP contribution in [0, 0.1) is 13.8 Å². The van der Waals surface area contributed by atoms with Gasteiger partial charge >= 0.3 is 0 Å². The highest BCUT2D eigenvalue weighted by molar-refractivity contribution is 5.24. The zero-order valence-corrected chi connectivity index (χ0v) is 10.8. The number of nitrogens with one attached hydrogen (secondary N) is 1. The van der Waals surface area contributed by atoms with E-state index >= 15 is 0 Å². The Morgan fingerprint density at radius 2 is 2.12 bits per heavy atom. The van der Waals surface area contributed by atoms with E-state index in [0.717, 1.165) is 38.4 Å². The lowest BCUT2D eigenvalue weighted by molar-refractivity contribution is 0.140. The summed E-state index contributed by atoms with van der Waals surface area (Å²) < 4.78 is 7.41. The second-order valence-corrected chi connectivity index (χ2v) is 3.95. The van der Waals surface area contributed by atoms with Crippen LogP contribution < -0.4 is 5.32 Å². The molecule has 0 aliphatic heterocycles. The number of hydrogen-bond acceptors (Lipinski definition) is 3. The fourth-order valence-electron chi connectivity index (χ4n) is 1.85. The molecule has 0 saturated carbocycles. The van der Waals surface area contributed by atoms with Crippen LogP contribution in [0.2, 0.25) is 0 Å². The van der Waals surface area contributed by atoms with Gasteiger partial charge < -0.3 is 10.1 Å². The third kappa shape index (κ3) is 3.32. The van der Waals surface area contributed by atoms with Crippen molar-refractivity contribution in [3.63, 3.8) is 0 Å². The topological polar surface area (TPSA) is 39.1 Å². The molecule has 0 aliphatic rings. The Morgan fingerprint density at radius 3 is 2.75 bits per heavy atom. The highest BCUT2D eigenvalue weighted by Crippen LogP contribution is 2.12. The standard InChI is InChI=1S/C12H23N3O/c1-5-16-8-6-7-15-11(3)12(9-13-4)10(2)14-15/h13H,5-9H2,1-4H3. The van der Waals surface area contributed by atoms with E-state index in [2.05, 4.69) is 28.9 Å². The molecule has 16 heavy (non-hydrogen) atoms. The van der Waals surface area contributed by atoms with Crippen molar-refractivity contribution in [3.8, 4) is 0 Å². The van der Waals surface area contributed by atoms with Crippen molar-refractivity contribution >= 4 is 0 Å². The van der Waals surface area contributed by atoms with E-state index in [1.807, 2.05) is 14.0 Å². The second kappa shape index (κ2) is 6.66. The summed E-state index contributed by atoms with van der Waals surface area (Å²) in [7, 11) is 1.96. The van der Waals surface area contributed by atoms with Gasteiger partial charge in [0.05, 0.1) is 5.69 Å². The molecule has 0 radical (unpaired) electrons. The molecule has 4 nitrogen and oxygen atoms in total. The molecule has 0 atom stereocenters. The van der Waals surface area contributed by atoms with Crippen molar-refractivity contribution in [1.29, 1.82) is 0 Å². The normalized spacial score (nSPS) is 11.0. The molecular weight excluding hydrogens is 202 g/mol. The molecule has 4 heteroatoms. The minimum Gasteiger partial charge on any atom is -0.382 e. The van der Waals surface area contributed by atoms with Gasteiger partial charge in [0.15, 0.2) is 0 Å². The minimum absolute atomic E-state index is 0.794. The van der Waals surface area contributed by atoms with Gasteiger partial charge in [0.1, 0.15) is 0 Å². The van der Waals surface area contributed by atoms with E-state index in [1.54, 1.807) is 0 Å². The molecule has 0 aliphatic carbocycles. The minimum atomic E-state index is 0.794. The summed E-state index contributed by atoms with van der Waals surface area (Å²) in [4.78, 5) is 0. The molecule has 0 unspecified atom stereocenters. The first-order chi connectivity index (χ1) is 7.70. The van der Waals surface area contributed by atoms with Crippen molar-refractivity contribution in [2.75, 3.05) is 20.3 Å². The monoisotopic (exact) mass is 225 g/mol. The van der Waals surface area contributed by atoms with Crippen LogP contribution >= 0.6 is 0 Å². The van der Waals surface area contributed by atoms with Crippen LogP contribution in [-0.2, 0) is 17.8 Å². The van der Waals surface area contributed by atoms with E-state index in [-0.39, 0.29) is 0 Å². The average Bonchev–Trinajstić information content (AvgIpc) is 2.53. The fourth-order valence-corrected chi connectivity index (χ4v) is 1.85. The number of aryl methyl sites for hydroxylation is 2. The third-order valence-corrected chi connectivity index (χ3v) is 2.75. The molecule has 1 aromatic rings. The lowest BCUT2D eigenvalue weighted by atomic mass is 10.2. The van der Waals surface area contributed by atoms with Gasteiger partial charge in [-0.05, 0) is 34.2 Å². The van der Waals surface area contributed by atoms with Gasteiger partial charge in [-0.3, -0.25) is 4.68 Å². The van der Waals surface area contributed by atoms with Crippen LogP contribution in [0.25, 0.3) is 0 Å². The lowest BCUT2D eigenvalue weighted by Crippen LogP contribution is -2.09. The van der Waals surface area contributed by atoms with Crippen LogP contribution in [0.3, 0.4) is 0 Å². The summed E-state index contributed by atoms with van der Waals surface area (Å²) in [5.41, 5.74) is 3.71. The van der Waals surface area contributed by atoms with Crippen molar-refractivity contribution in [2.45, 2.75) is 40.3 Å². The van der Waals surface area contributed by atoms with Crippen LogP contribution in [0.4, 0.5) is 0 Å². The Kier molecular flexibility index (Phi) is 5.49. The molecule has 0 amide bonds. The van der Waals surface area contributed by atoms with Crippen LogP contribution in [0.5, 0.6) is 0 Å². The van der Waals surface area contributed by atoms with Gasteiger partial charge in [-0.1, -0.05) is 0 Å². The Hall–Kier alpha value is -0.870. The maximum atomic E-state index is 5.33. The predicted octanol–water partition coefficient (Wildman–Crippen LogP) is 1.65. The van der Waals surface area contributed by atoms with Crippen LogP contribution in [0.15, 0.2) is 0 Å². The van der Waals surface area contributed by atoms with E-state index < -0.39 is 0 Å². The van der Waals surface area contributed by atoms with Gasteiger partial charge in [-0.15, -0.1) is 0 Å². The quantitative estimate of drug-likeness (QED) is 0.717. The molecule has 0 aromatic carbocycles. The first-order valence-corrected chi connectivity index (χ1v) is 5.96. The summed E-state index contributed by atoms with van der Waals surface area (Å²) in [6, 6.07) is 0. The van der Waals surface area contributed by atoms with Gasteiger partial charge in [0.25, 0.3) is 0 Å². The molecule has 0 fully saturated rings. The number of nitrogens with zero attached hydrogens (tertiary/aromatic N) is 2. The predicted molar refractivity (Wildman–Crippen MR) is 65.6 cm³/mol. The number of rotatable bonds is 7. The van der Waals surface area contributed by atoms with E-state index in [0.29, 0.717) is 0 Å². The van der Waals surface area contributed by atoms with E-state index in [9.17, 15) is 0 Å². The van der Waals surface area contributed by atoms with Gasteiger partial charge in [0.2, 0.25) is 0 Å². The summed E-state index contributed by atoms with van der Waals surface area (Å²) in [5.74, 6) is 0. The van der Waals surface area contributed by atoms with Crippen LogP contribution in [0.1, 0.15) is 30.3 Å². The molecule has 1 N–H and O–H groups in total. The van der Waals surface area contributed by atoms with Crippen molar-refractivity contribution in [3.05, 3.63) is 17.0 Å². The van der Waals surface area contributed by atoms with Gasteiger partial charge in [0, 0.05) is 37.6 Å². The van der Waals surface area contributed by atoms with Crippen LogP contribution in [-0.4, -0.2) is 30.0 Å². The molecule has 0 spiro atoms. The Morgan fingerprint density at radius 1 is 1.38 bits per heavy atom. The van der Waals surface area contributed by atoms with Crippen molar-refractivity contribution in [1.82, 2.24) is 15.1 Å². The highest BCUT2D eigenvalue weighted by Gasteiger charge is 2.09. The van der Waals surface area contributed by atoms with E-state index in [4.69, 9.17) is 4.74 Å². The Bertz CT molecular complexity index is 320. The summed E-state index contributed by atoms with van der Waals surface area (Å²) in [6.45, 7) is 9.66. The van der Waals surface area contributed by atoms with Crippen molar-refractivity contribution in [2.24, 2.45) is 0 Å². The fraction of sp³-hybridized carbons (Fsp3) is 0.750.